The topological polar surface area (TPSA) is 47.1 Å². The smallest absolute Gasteiger partial charge is 0.108 e. The van der Waals surface area contributed by atoms with Crippen LogP contribution in [0, 0.1) is 6.20 Å². The van der Waals surface area contributed by atoms with Gasteiger partial charge in [-0.15, -0.1) is 0 Å². The second-order valence-electron chi connectivity index (χ2n) is 2.89. The molecule has 79 valence electrons. The first-order chi connectivity index (χ1) is 6.93. The highest BCUT2D eigenvalue weighted by molar-refractivity contribution is 4.85. The summed E-state index contributed by atoms with van der Waals surface area (Å²) >= 11 is 0. The number of aromatic nitrogens is 2. The van der Waals surface area contributed by atoms with Crippen molar-refractivity contribution in [1.29, 1.82) is 0 Å². The Balaban J connectivity index is 1.85. The first kappa shape index (κ1) is 11.2. The maximum atomic E-state index is 5.36. The van der Waals surface area contributed by atoms with Crippen LogP contribution in [-0.4, -0.2) is 36.4 Å². The molecule has 0 bridgehead atoms. The number of aromatic amines is 1. The van der Waals surface area contributed by atoms with E-state index in [0.29, 0.717) is 13.2 Å². The van der Waals surface area contributed by atoms with E-state index in [0.717, 1.165) is 31.9 Å². The van der Waals surface area contributed by atoms with Gasteiger partial charge in [-0.25, -0.2) is 4.98 Å². The molecule has 4 heteroatoms. The number of nitrogens with zero attached hydrogens (tertiary/aromatic N) is 1. The van der Waals surface area contributed by atoms with E-state index in [1.165, 1.54) is 0 Å². The van der Waals surface area contributed by atoms with Gasteiger partial charge >= 0.3 is 0 Å². The summed E-state index contributed by atoms with van der Waals surface area (Å²) < 4.78 is 10.5. The van der Waals surface area contributed by atoms with Gasteiger partial charge in [0, 0.05) is 25.8 Å². The maximum Gasteiger partial charge on any atom is 0.108 e. The van der Waals surface area contributed by atoms with E-state index >= 15 is 0 Å². The van der Waals surface area contributed by atoms with Crippen LogP contribution in [-0.2, 0) is 15.9 Å². The molecule has 0 spiro atoms. The number of hydrogen-bond acceptors (Lipinski definition) is 3. The predicted molar refractivity (Wildman–Crippen MR) is 53.1 cm³/mol. The predicted octanol–water partition coefficient (Wildman–Crippen LogP) is 1.20. The number of rotatable bonds is 8. The first-order valence-corrected chi connectivity index (χ1v) is 4.99. The summed E-state index contributed by atoms with van der Waals surface area (Å²) in [5.74, 6) is 0.971. The fraction of sp³-hybridized carbons (Fsp3) is 0.700. The van der Waals surface area contributed by atoms with Gasteiger partial charge in [-0.1, -0.05) is 0 Å². The molecular formula is C10H17N2O2. The molecule has 1 heterocycles. The summed E-state index contributed by atoms with van der Waals surface area (Å²) in [7, 11) is 0. The number of H-pyrrole nitrogens is 1. The van der Waals surface area contributed by atoms with E-state index < -0.39 is 0 Å². The molecule has 1 radical (unpaired) electrons. The van der Waals surface area contributed by atoms with Gasteiger partial charge in [0.1, 0.15) is 12.0 Å². The van der Waals surface area contributed by atoms with Gasteiger partial charge in [0.25, 0.3) is 0 Å². The van der Waals surface area contributed by atoms with Crippen LogP contribution in [0.25, 0.3) is 0 Å². The summed E-state index contributed by atoms with van der Waals surface area (Å²) in [6.45, 7) is 4.86. The number of ether oxygens (including phenoxy) is 2. The fourth-order valence-electron chi connectivity index (χ4n) is 1.09. The highest BCUT2D eigenvalue weighted by Crippen LogP contribution is 1.94. The van der Waals surface area contributed by atoms with Crippen LogP contribution in [0.3, 0.4) is 0 Å². The molecular weight excluding hydrogens is 180 g/mol. The molecule has 1 aromatic rings. The number of aryl methyl sites for hydroxylation is 1. The van der Waals surface area contributed by atoms with E-state index in [-0.39, 0.29) is 0 Å². The molecule has 0 saturated heterocycles. The van der Waals surface area contributed by atoms with E-state index in [1.807, 2.05) is 6.92 Å². The Bertz CT molecular complexity index is 212. The summed E-state index contributed by atoms with van der Waals surface area (Å²) in [4.78, 5) is 7.00. The largest absolute Gasteiger partial charge is 0.379 e. The van der Waals surface area contributed by atoms with E-state index in [2.05, 4.69) is 16.2 Å². The number of nitrogens with one attached hydrogen (secondary N) is 1. The Labute approximate surface area is 84.6 Å². The van der Waals surface area contributed by atoms with E-state index in [4.69, 9.17) is 9.47 Å². The van der Waals surface area contributed by atoms with Crippen molar-refractivity contribution in [3.05, 3.63) is 18.2 Å². The quantitative estimate of drug-likeness (QED) is 0.637. The van der Waals surface area contributed by atoms with Crippen molar-refractivity contribution in [3.8, 4) is 0 Å². The average molecular weight is 197 g/mol. The number of hydrogen-bond donors (Lipinski definition) is 1. The second-order valence-corrected chi connectivity index (χ2v) is 2.89. The fourth-order valence-corrected chi connectivity index (χ4v) is 1.09. The Morgan fingerprint density at radius 1 is 1.36 bits per heavy atom. The third kappa shape index (κ3) is 4.99. The van der Waals surface area contributed by atoms with Crippen molar-refractivity contribution >= 4 is 0 Å². The Kier molecular flexibility index (Phi) is 6.02. The zero-order chi connectivity index (χ0) is 10.1. The standard InChI is InChI=1S/C10H17N2O2/c1-2-13-8-9-14-7-3-4-10-11-5-6-12-10/h5H,2-4,7-9H2,1H3,(H,11,12). The van der Waals surface area contributed by atoms with Crippen LogP contribution in [0.15, 0.2) is 6.20 Å². The highest BCUT2D eigenvalue weighted by Gasteiger charge is 1.94. The minimum Gasteiger partial charge on any atom is -0.379 e. The molecule has 0 amide bonds. The second kappa shape index (κ2) is 7.53. The zero-order valence-electron chi connectivity index (χ0n) is 8.58. The van der Waals surface area contributed by atoms with Crippen molar-refractivity contribution < 1.29 is 9.47 Å². The van der Waals surface area contributed by atoms with Crippen LogP contribution in [0.4, 0.5) is 0 Å². The lowest BCUT2D eigenvalue weighted by Gasteiger charge is -2.03. The lowest BCUT2D eigenvalue weighted by atomic mass is 10.3. The molecule has 1 N–H and O–H groups in total. The molecule has 1 rings (SSSR count). The van der Waals surface area contributed by atoms with Gasteiger partial charge < -0.3 is 14.5 Å². The summed E-state index contributed by atoms with van der Waals surface area (Å²) in [5.41, 5.74) is 0. The third-order valence-corrected chi connectivity index (χ3v) is 1.78. The molecule has 0 aliphatic carbocycles. The summed E-state index contributed by atoms with van der Waals surface area (Å²) in [6, 6.07) is 0. The Hall–Kier alpha value is -0.870. The molecule has 0 unspecified atom stereocenters. The molecule has 0 aliphatic heterocycles. The average Bonchev–Trinajstić information content (AvgIpc) is 2.69. The number of imidazole rings is 1. The zero-order valence-corrected chi connectivity index (χ0v) is 8.58. The minimum absolute atomic E-state index is 0.679. The monoisotopic (exact) mass is 197 g/mol. The molecule has 0 aromatic carbocycles. The van der Waals surface area contributed by atoms with Crippen molar-refractivity contribution in [2.24, 2.45) is 0 Å². The molecule has 0 aliphatic rings. The first-order valence-electron chi connectivity index (χ1n) is 4.99. The molecule has 14 heavy (non-hydrogen) atoms. The van der Waals surface area contributed by atoms with Crippen LogP contribution in [0.1, 0.15) is 19.2 Å². The van der Waals surface area contributed by atoms with Crippen LogP contribution in [0.2, 0.25) is 0 Å². The molecule has 4 nitrogen and oxygen atoms in total. The van der Waals surface area contributed by atoms with Crippen molar-refractivity contribution in [2.75, 3.05) is 26.4 Å². The van der Waals surface area contributed by atoms with E-state index in [9.17, 15) is 0 Å². The van der Waals surface area contributed by atoms with Crippen molar-refractivity contribution in [3.63, 3.8) is 0 Å². The lowest BCUT2D eigenvalue weighted by molar-refractivity contribution is 0.0519. The van der Waals surface area contributed by atoms with Crippen molar-refractivity contribution in [2.45, 2.75) is 19.8 Å². The van der Waals surface area contributed by atoms with Gasteiger partial charge in [-0.05, 0) is 13.3 Å². The van der Waals surface area contributed by atoms with E-state index in [1.54, 1.807) is 6.20 Å². The Morgan fingerprint density at radius 2 is 2.21 bits per heavy atom. The molecule has 0 fully saturated rings. The van der Waals surface area contributed by atoms with Crippen LogP contribution >= 0.6 is 0 Å². The third-order valence-electron chi connectivity index (χ3n) is 1.78. The molecule has 0 atom stereocenters. The van der Waals surface area contributed by atoms with Gasteiger partial charge in [0.15, 0.2) is 0 Å². The molecule has 1 aromatic heterocycles. The van der Waals surface area contributed by atoms with Crippen LogP contribution in [0.5, 0.6) is 0 Å². The van der Waals surface area contributed by atoms with Gasteiger partial charge in [0.2, 0.25) is 0 Å². The Morgan fingerprint density at radius 3 is 2.93 bits per heavy atom. The normalized spacial score (nSPS) is 10.6. The minimum atomic E-state index is 0.679. The lowest BCUT2D eigenvalue weighted by Crippen LogP contribution is -2.05. The van der Waals surface area contributed by atoms with Gasteiger partial charge in [0.05, 0.1) is 13.2 Å². The van der Waals surface area contributed by atoms with Crippen molar-refractivity contribution in [1.82, 2.24) is 9.97 Å². The van der Waals surface area contributed by atoms with Gasteiger partial charge in [-0.2, -0.15) is 0 Å². The van der Waals surface area contributed by atoms with Gasteiger partial charge in [-0.3, -0.25) is 0 Å². The van der Waals surface area contributed by atoms with Crippen LogP contribution < -0.4 is 0 Å². The highest BCUT2D eigenvalue weighted by atomic mass is 16.5. The molecule has 0 saturated carbocycles. The SMILES string of the molecule is CCOCCOCCCc1n[c]c[nH]1. The maximum absolute atomic E-state index is 5.36. The summed E-state index contributed by atoms with van der Waals surface area (Å²) in [6.07, 6.45) is 6.34. The summed E-state index contributed by atoms with van der Waals surface area (Å²) in [5, 5.41) is 0.